The molecule has 2 N–H and O–H groups in total. The van der Waals surface area contributed by atoms with Crippen molar-refractivity contribution in [1.29, 1.82) is 0 Å². The maximum absolute atomic E-state index is 11.8. The molecule has 0 atom stereocenters. The van der Waals surface area contributed by atoms with Crippen molar-refractivity contribution in [2.45, 2.75) is 25.2 Å². The average Bonchev–Trinajstić information content (AvgIpc) is 2.97. The molecule has 0 spiro atoms. The molecule has 1 aliphatic rings. The Morgan fingerprint density at radius 2 is 2.37 bits per heavy atom. The zero-order valence-corrected chi connectivity index (χ0v) is 12.6. The van der Waals surface area contributed by atoms with Crippen molar-refractivity contribution in [1.82, 2.24) is 20.5 Å². The minimum absolute atomic E-state index is 0.209. The van der Waals surface area contributed by atoms with Crippen molar-refractivity contribution in [3.8, 4) is 0 Å². The van der Waals surface area contributed by atoms with Crippen molar-refractivity contribution >= 4 is 33.2 Å². The van der Waals surface area contributed by atoms with Gasteiger partial charge in [-0.25, -0.2) is 4.98 Å². The second-order valence-corrected chi connectivity index (χ2v) is 7.08. The molecular formula is C12H13BrN4OS. The van der Waals surface area contributed by atoms with Gasteiger partial charge in [-0.15, -0.1) is 16.4 Å². The molecule has 7 heteroatoms. The topological polar surface area (TPSA) is 70.7 Å². The summed E-state index contributed by atoms with van der Waals surface area (Å²) in [6, 6.07) is 4.07. The summed E-state index contributed by atoms with van der Waals surface area (Å²) in [6.45, 7) is 0.596. The molecule has 0 bridgehead atoms. The van der Waals surface area contributed by atoms with Crippen LogP contribution in [0.2, 0.25) is 0 Å². The highest BCUT2D eigenvalue weighted by atomic mass is 79.9. The van der Waals surface area contributed by atoms with Crippen molar-refractivity contribution in [2.24, 2.45) is 0 Å². The standard InChI is InChI=1S/C12H13BrN4OS/c13-9-4-3-8(19-9)5-6-14-12(18)11-15-10(16-17-11)7-1-2-7/h3-4,7H,1-2,5-6H2,(H,14,18)(H,15,16,17). The predicted molar refractivity (Wildman–Crippen MR) is 76.4 cm³/mol. The van der Waals surface area contributed by atoms with Crippen molar-refractivity contribution < 1.29 is 4.79 Å². The molecule has 0 aliphatic heterocycles. The third kappa shape index (κ3) is 3.22. The third-order valence-corrected chi connectivity index (χ3v) is 4.64. The molecule has 19 heavy (non-hydrogen) atoms. The lowest BCUT2D eigenvalue weighted by Gasteiger charge is -2.00. The summed E-state index contributed by atoms with van der Waals surface area (Å²) < 4.78 is 1.11. The summed E-state index contributed by atoms with van der Waals surface area (Å²) in [7, 11) is 0. The van der Waals surface area contributed by atoms with Crippen LogP contribution in [0.1, 0.15) is 40.1 Å². The maximum Gasteiger partial charge on any atom is 0.290 e. The molecule has 1 amide bonds. The van der Waals surface area contributed by atoms with Crippen LogP contribution in [0.5, 0.6) is 0 Å². The first-order chi connectivity index (χ1) is 9.22. The fraction of sp³-hybridized carbons (Fsp3) is 0.417. The number of rotatable bonds is 5. The fourth-order valence-electron chi connectivity index (χ4n) is 1.78. The molecule has 2 aromatic rings. The van der Waals surface area contributed by atoms with Crippen LogP contribution >= 0.6 is 27.3 Å². The van der Waals surface area contributed by atoms with Gasteiger partial charge >= 0.3 is 0 Å². The molecule has 3 rings (SSSR count). The van der Waals surface area contributed by atoms with Gasteiger partial charge < -0.3 is 5.32 Å². The average molecular weight is 341 g/mol. The number of hydrogen-bond acceptors (Lipinski definition) is 4. The van der Waals surface area contributed by atoms with Crippen LogP contribution in [0.3, 0.4) is 0 Å². The molecule has 2 aromatic heterocycles. The van der Waals surface area contributed by atoms with Crippen LogP contribution in [0.25, 0.3) is 0 Å². The Labute approximate surface area is 123 Å². The van der Waals surface area contributed by atoms with Crippen LogP contribution in [0, 0.1) is 0 Å². The smallest absolute Gasteiger partial charge is 0.290 e. The van der Waals surface area contributed by atoms with E-state index in [1.165, 1.54) is 4.88 Å². The van der Waals surface area contributed by atoms with Gasteiger partial charge in [0.25, 0.3) is 5.91 Å². The number of amides is 1. The van der Waals surface area contributed by atoms with Gasteiger partial charge in [0, 0.05) is 17.3 Å². The normalized spacial score (nSPS) is 14.6. The minimum Gasteiger partial charge on any atom is -0.349 e. The Morgan fingerprint density at radius 3 is 3.05 bits per heavy atom. The largest absolute Gasteiger partial charge is 0.349 e. The molecule has 1 saturated carbocycles. The SMILES string of the molecule is O=C(NCCc1ccc(Br)s1)c1n[nH]c(C2CC2)n1. The number of thiophene rings is 1. The Hall–Kier alpha value is -1.21. The van der Waals surface area contributed by atoms with E-state index in [0.29, 0.717) is 12.5 Å². The number of carbonyl (C=O) groups is 1. The molecular weight excluding hydrogens is 328 g/mol. The number of carbonyl (C=O) groups excluding carboxylic acids is 1. The highest BCUT2D eigenvalue weighted by Crippen LogP contribution is 2.37. The van der Waals surface area contributed by atoms with Crippen LogP contribution in [-0.4, -0.2) is 27.6 Å². The van der Waals surface area contributed by atoms with Crippen molar-refractivity contribution in [3.63, 3.8) is 0 Å². The number of nitrogens with zero attached hydrogens (tertiary/aromatic N) is 2. The molecule has 1 aliphatic carbocycles. The van der Waals surface area contributed by atoms with Gasteiger partial charge in [0.05, 0.1) is 3.79 Å². The second kappa shape index (κ2) is 5.42. The predicted octanol–water partition coefficient (Wildman–Crippen LogP) is 2.48. The number of hydrogen-bond donors (Lipinski definition) is 2. The Kier molecular flexibility index (Phi) is 3.65. The van der Waals surface area contributed by atoms with Gasteiger partial charge in [0.15, 0.2) is 0 Å². The van der Waals surface area contributed by atoms with Crippen LogP contribution in [0.15, 0.2) is 15.9 Å². The molecule has 2 heterocycles. The van der Waals surface area contributed by atoms with Crippen LogP contribution in [-0.2, 0) is 6.42 Å². The lowest BCUT2D eigenvalue weighted by molar-refractivity contribution is 0.0944. The molecule has 5 nitrogen and oxygen atoms in total. The van der Waals surface area contributed by atoms with E-state index >= 15 is 0 Å². The van der Waals surface area contributed by atoms with E-state index in [0.717, 1.165) is 28.9 Å². The molecule has 0 unspecified atom stereocenters. The molecule has 1 fully saturated rings. The van der Waals surface area contributed by atoms with Gasteiger partial charge in [0.1, 0.15) is 5.82 Å². The summed E-state index contributed by atoms with van der Waals surface area (Å²) in [4.78, 5) is 17.3. The number of aromatic nitrogens is 3. The zero-order chi connectivity index (χ0) is 13.2. The lowest BCUT2D eigenvalue weighted by Crippen LogP contribution is -2.26. The highest BCUT2D eigenvalue weighted by Gasteiger charge is 2.28. The second-order valence-electron chi connectivity index (χ2n) is 4.53. The first-order valence-corrected chi connectivity index (χ1v) is 7.78. The van der Waals surface area contributed by atoms with Crippen molar-refractivity contribution in [2.75, 3.05) is 6.54 Å². The zero-order valence-electron chi connectivity index (χ0n) is 10.1. The highest BCUT2D eigenvalue weighted by molar-refractivity contribution is 9.11. The Balaban J connectivity index is 1.50. The summed E-state index contributed by atoms with van der Waals surface area (Å²) in [5.41, 5.74) is 0. The maximum atomic E-state index is 11.8. The van der Waals surface area contributed by atoms with E-state index in [-0.39, 0.29) is 11.7 Å². The van der Waals surface area contributed by atoms with E-state index < -0.39 is 0 Å². The Bertz CT molecular complexity index is 590. The molecule has 100 valence electrons. The summed E-state index contributed by atoms with van der Waals surface area (Å²) in [6.07, 6.45) is 3.11. The first-order valence-electron chi connectivity index (χ1n) is 6.17. The van der Waals surface area contributed by atoms with Crippen molar-refractivity contribution in [3.05, 3.63) is 32.4 Å². The van der Waals surface area contributed by atoms with Crippen LogP contribution < -0.4 is 5.32 Å². The summed E-state index contributed by atoms with van der Waals surface area (Å²) >= 11 is 5.10. The fourth-order valence-corrected chi connectivity index (χ4v) is 3.26. The lowest BCUT2D eigenvalue weighted by atomic mass is 10.3. The monoisotopic (exact) mass is 340 g/mol. The van der Waals surface area contributed by atoms with E-state index in [1.54, 1.807) is 11.3 Å². The van der Waals surface area contributed by atoms with Gasteiger partial charge in [-0.2, -0.15) is 0 Å². The Morgan fingerprint density at radius 1 is 1.53 bits per heavy atom. The third-order valence-electron chi connectivity index (χ3n) is 2.96. The summed E-state index contributed by atoms with van der Waals surface area (Å²) in [5.74, 6) is 1.36. The number of aromatic amines is 1. The summed E-state index contributed by atoms with van der Waals surface area (Å²) in [5, 5.41) is 9.62. The molecule has 0 radical (unpaired) electrons. The van der Waals surface area contributed by atoms with Gasteiger partial charge in [-0.05, 0) is 47.3 Å². The number of H-pyrrole nitrogens is 1. The molecule has 0 aromatic carbocycles. The van der Waals surface area contributed by atoms with Gasteiger partial charge in [-0.1, -0.05) is 0 Å². The van der Waals surface area contributed by atoms with Crippen LogP contribution in [0.4, 0.5) is 0 Å². The quantitative estimate of drug-likeness (QED) is 0.878. The van der Waals surface area contributed by atoms with Gasteiger partial charge in [-0.3, -0.25) is 9.89 Å². The number of nitrogens with one attached hydrogen (secondary N) is 2. The molecule has 0 saturated heterocycles. The first kappa shape index (κ1) is 12.8. The van der Waals surface area contributed by atoms with E-state index in [1.807, 2.05) is 6.07 Å². The van der Waals surface area contributed by atoms with Gasteiger partial charge in [0.2, 0.25) is 5.82 Å². The number of halogens is 1. The van der Waals surface area contributed by atoms with E-state index in [4.69, 9.17) is 0 Å². The minimum atomic E-state index is -0.209. The van der Waals surface area contributed by atoms with E-state index in [9.17, 15) is 4.79 Å². The van der Waals surface area contributed by atoms with E-state index in [2.05, 4.69) is 42.5 Å².